The molecule has 4 rings (SSSR count). The molecule has 0 saturated carbocycles. The van der Waals surface area contributed by atoms with E-state index in [0.29, 0.717) is 17.9 Å². The lowest BCUT2D eigenvalue weighted by Gasteiger charge is -2.44. The van der Waals surface area contributed by atoms with Crippen LogP contribution >= 0.6 is 0 Å². The Morgan fingerprint density at radius 2 is 2.19 bits per heavy atom. The predicted molar refractivity (Wildman–Crippen MR) is 83.5 cm³/mol. The van der Waals surface area contributed by atoms with Crippen LogP contribution in [-0.2, 0) is 4.74 Å². The number of benzene rings is 1. The summed E-state index contributed by atoms with van der Waals surface area (Å²) >= 11 is 0. The highest BCUT2D eigenvalue weighted by molar-refractivity contribution is 5.79. The molecule has 2 aromatic rings. The molecular weight excluding hydrogens is 262 g/mol. The van der Waals surface area contributed by atoms with Gasteiger partial charge in [-0.1, -0.05) is 6.92 Å². The van der Waals surface area contributed by atoms with E-state index in [4.69, 9.17) is 4.74 Å². The van der Waals surface area contributed by atoms with Crippen LogP contribution in [0.25, 0.3) is 10.9 Å². The van der Waals surface area contributed by atoms with Crippen LogP contribution in [0.2, 0.25) is 0 Å². The van der Waals surface area contributed by atoms with Crippen molar-refractivity contribution in [3.63, 3.8) is 0 Å². The average Bonchev–Trinajstić information content (AvgIpc) is 2.83. The zero-order valence-electron chi connectivity index (χ0n) is 12.8. The largest absolute Gasteiger partial charge is 0.378 e. The van der Waals surface area contributed by atoms with Crippen LogP contribution in [0, 0.1) is 12.8 Å². The van der Waals surface area contributed by atoms with E-state index < -0.39 is 0 Å². The smallest absolute Gasteiger partial charge is 0.0653 e. The van der Waals surface area contributed by atoms with Gasteiger partial charge >= 0.3 is 0 Å². The maximum absolute atomic E-state index is 5.34. The standard InChI is InChI=1S/C17H23N3O/c1-11-5-13-7-18-19-17(13)6-16(11)15-3-4-20(8-12(15)2)14-9-21-10-14/h5-7,12,14-15H,3-4,8-10H2,1-2H3,(H,18,19). The molecule has 4 heteroatoms. The van der Waals surface area contributed by atoms with Crippen molar-refractivity contribution in [2.75, 3.05) is 26.3 Å². The second-order valence-electron chi connectivity index (χ2n) is 6.72. The molecule has 2 unspecified atom stereocenters. The Bertz CT molecular complexity index is 647. The van der Waals surface area contributed by atoms with Crippen molar-refractivity contribution >= 4 is 10.9 Å². The fourth-order valence-corrected chi connectivity index (χ4v) is 3.93. The van der Waals surface area contributed by atoms with Crippen LogP contribution in [-0.4, -0.2) is 47.4 Å². The summed E-state index contributed by atoms with van der Waals surface area (Å²) in [5, 5.41) is 8.48. The number of hydrogen-bond acceptors (Lipinski definition) is 3. The number of nitrogens with zero attached hydrogens (tertiary/aromatic N) is 2. The first-order valence-corrected chi connectivity index (χ1v) is 7.98. The molecule has 0 radical (unpaired) electrons. The Morgan fingerprint density at radius 3 is 2.90 bits per heavy atom. The van der Waals surface area contributed by atoms with Crippen LogP contribution in [0.4, 0.5) is 0 Å². The van der Waals surface area contributed by atoms with Crippen molar-refractivity contribution in [1.29, 1.82) is 0 Å². The molecule has 2 saturated heterocycles. The van der Waals surface area contributed by atoms with Gasteiger partial charge < -0.3 is 4.74 Å². The fraction of sp³-hybridized carbons (Fsp3) is 0.588. The second kappa shape index (κ2) is 5.11. The van der Waals surface area contributed by atoms with Gasteiger partial charge in [0.15, 0.2) is 0 Å². The molecule has 1 aromatic heterocycles. The lowest BCUT2D eigenvalue weighted by molar-refractivity contribution is -0.0774. The number of aromatic amines is 1. The van der Waals surface area contributed by atoms with E-state index in [1.165, 1.54) is 36.0 Å². The molecule has 0 bridgehead atoms. The topological polar surface area (TPSA) is 41.2 Å². The van der Waals surface area contributed by atoms with Gasteiger partial charge in [-0.15, -0.1) is 0 Å². The molecule has 0 spiro atoms. The first-order valence-electron chi connectivity index (χ1n) is 7.98. The van der Waals surface area contributed by atoms with Gasteiger partial charge in [0, 0.05) is 11.9 Å². The molecule has 1 aromatic carbocycles. The second-order valence-corrected chi connectivity index (χ2v) is 6.72. The van der Waals surface area contributed by atoms with Crippen LogP contribution in [0.5, 0.6) is 0 Å². The highest BCUT2D eigenvalue weighted by atomic mass is 16.5. The van der Waals surface area contributed by atoms with Crippen molar-refractivity contribution in [1.82, 2.24) is 15.1 Å². The van der Waals surface area contributed by atoms with Crippen molar-refractivity contribution in [2.24, 2.45) is 5.92 Å². The van der Waals surface area contributed by atoms with E-state index in [9.17, 15) is 0 Å². The summed E-state index contributed by atoms with van der Waals surface area (Å²) < 4.78 is 5.34. The maximum atomic E-state index is 5.34. The van der Waals surface area contributed by atoms with Gasteiger partial charge in [-0.05, 0) is 55.0 Å². The van der Waals surface area contributed by atoms with E-state index in [1.807, 2.05) is 6.20 Å². The zero-order chi connectivity index (χ0) is 14.4. The van der Waals surface area contributed by atoms with E-state index in [-0.39, 0.29) is 0 Å². The summed E-state index contributed by atoms with van der Waals surface area (Å²) in [6.07, 6.45) is 3.16. The molecule has 0 amide bonds. The summed E-state index contributed by atoms with van der Waals surface area (Å²) in [5.41, 5.74) is 4.07. The molecule has 112 valence electrons. The minimum atomic E-state index is 0.662. The van der Waals surface area contributed by atoms with E-state index in [1.54, 1.807) is 0 Å². The Labute approximate surface area is 125 Å². The first-order chi connectivity index (χ1) is 10.2. The molecule has 21 heavy (non-hydrogen) atoms. The van der Waals surface area contributed by atoms with E-state index in [0.717, 1.165) is 18.7 Å². The predicted octanol–water partition coefficient (Wildman–Crippen LogP) is 2.70. The normalized spacial score (nSPS) is 27.9. The number of rotatable bonds is 2. The summed E-state index contributed by atoms with van der Waals surface area (Å²) in [4.78, 5) is 2.62. The zero-order valence-corrected chi connectivity index (χ0v) is 12.8. The summed E-state index contributed by atoms with van der Waals surface area (Å²) in [6, 6.07) is 5.26. The Hall–Kier alpha value is -1.39. The first kappa shape index (κ1) is 13.3. The maximum Gasteiger partial charge on any atom is 0.0653 e. The quantitative estimate of drug-likeness (QED) is 0.922. The van der Waals surface area contributed by atoms with Crippen LogP contribution in [0.3, 0.4) is 0 Å². The SMILES string of the molecule is Cc1cc2cn[nH]c2cc1C1CCN(C2COC2)CC1C. The molecule has 2 aliphatic rings. The van der Waals surface area contributed by atoms with Crippen LogP contribution in [0.15, 0.2) is 18.3 Å². The van der Waals surface area contributed by atoms with Gasteiger partial charge in [0.1, 0.15) is 0 Å². The number of piperidine rings is 1. The third-order valence-electron chi connectivity index (χ3n) is 5.30. The molecule has 1 N–H and O–H groups in total. The third kappa shape index (κ3) is 2.27. The molecule has 4 nitrogen and oxygen atoms in total. The van der Waals surface area contributed by atoms with Crippen LogP contribution in [0.1, 0.15) is 30.4 Å². The van der Waals surface area contributed by atoms with Gasteiger partial charge in [-0.2, -0.15) is 5.10 Å². The number of aryl methyl sites for hydroxylation is 1. The number of likely N-dealkylation sites (tertiary alicyclic amines) is 1. The summed E-state index contributed by atoms with van der Waals surface area (Å²) in [5.74, 6) is 1.35. The highest BCUT2D eigenvalue weighted by Crippen LogP contribution is 2.37. The number of nitrogens with one attached hydrogen (secondary N) is 1. The fourth-order valence-electron chi connectivity index (χ4n) is 3.93. The van der Waals surface area contributed by atoms with Gasteiger partial charge in [0.25, 0.3) is 0 Å². The van der Waals surface area contributed by atoms with Gasteiger partial charge in [0.2, 0.25) is 0 Å². The lowest BCUT2D eigenvalue weighted by atomic mass is 9.79. The summed E-state index contributed by atoms with van der Waals surface area (Å²) in [7, 11) is 0. The number of ether oxygens (including phenoxy) is 1. The van der Waals surface area contributed by atoms with Crippen molar-refractivity contribution in [3.05, 3.63) is 29.5 Å². The van der Waals surface area contributed by atoms with Crippen molar-refractivity contribution in [3.8, 4) is 0 Å². The van der Waals surface area contributed by atoms with Crippen molar-refractivity contribution in [2.45, 2.75) is 32.2 Å². The van der Waals surface area contributed by atoms with Gasteiger partial charge in [-0.25, -0.2) is 0 Å². The number of H-pyrrole nitrogens is 1. The molecule has 3 heterocycles. The Morgan fingerprint density at radius 1 is 1.33 bits per heavy atom. The molecule has 2 atom stereocenters. The molecular formula is C17H23N3O. The van der Waals surface area contributed by atoms with E-state index >= 15 is 0 Å². The minimum absolute atomic E-state index is 0.662. The average molecular weight is 285 g/mol. The minimum Gasteiger partial charge on any atom is -0.378 e. The number of fused-ring (bicyclic) bond motifs is 1. The Kier molecular flexibility index (Phi) is 3.23. The molecule has 0 aliphatic carbocycles. The molecule has 2 fully saturated rings. The monoisotopic (exact) mass is 285 g/mol. The Balaban J connectivity index is 1.58. The van der Waals surface area contributed by atoms with Gasteiger partial charge in [0.05, 0.1) is 31.0 Å². The van der Waals surface area contributed by atoms with E-state index in [2.05, 4.69) is 41.1 Å². The highest BCUT2D eigenvalue weighted by Gasteiger charge is 2.34. The van der Waals surface area contributed by atoms with Crippen LogP contribution < -0.4 is 0 Å². The third-order valence-corrected chi connectivity index (χ3v) is 5.30. The summed E-state index contributed by atoms with van der Waals surface area (Å²) in [6.45, 7) is 8.88. The number of hydrogen-bond donors (Lipinski definition) is 1. The lowest BCUT2D eigenvalue weighted by Crippen LogP contribution is -2.53. The molecule has 2 aliphatic heterocycles. The van der Waals surface area contributed by atoms with Gasteiger partial charge in [-0.3, -0.25) is 10.00 Å². The van der Waals surface area contributed by atoms with Crippen molar-refractivity contribution < 1.29 is 4.74 Å². The number of aromatic nitrogens is 2.